The number of hydrogen-bond acceptors (Lipinski definition) is 5. The minimum atomic E-state index is -0.560. The highest BCUT2D eigenvalue weighted by atomic mass is 16.6. The van der Waals surface area contributed by atoms with E-state index in [1.165, 1.54) is 0 Å². The average Bonchev–Trinajstić information content (AvgIpc) is 2.64. The molecular weight excluding hydrogens is 320 g/mol. The Morgan fingerprint density at radius 1 is 1.24 bits per heavy atom. The van der Waals surface area contributed by atoms with Crippen molar-refractivity contribution < 1.29 is 19.4 Å². The van der Waals surface area contributed by atoms with Gasteiger partial charge in [0.2, 0.25) is 5.91 Å². The number of amides is 1. The van der Waals surface area contributed by atoms with Gasteiger partial charge in [-0.15, -0.1) is 0 Å². The van der Waals surface area contributed by atoms with E-state index in [2.05, 4.69) is 6.92 Å². The predicted octanol–water partition coefficient (Wildman–Crippen LogP) is 1.44. The third kappa shape index (κ3) is 3.59. The van der Waals surface area contributed by atoms with Gasteiger partial charge >= 0.3 is 0 Å². The molecule has 25 heavy (non-hydrogen) atoms. The van der Waals surface area contributed by atoms with Crippen LogP contribution in [-0.4, -0.2) is 65.1 Å². The summed E-state index contributed by atoms with van der Waals surface area (Å²) in [6.45, 7) is 9.98. The lowest BCUT2D eigenvalue weighted by Gasteiger charge is -2.52. The smallest absolute Gasteiger partial charge is 0.239 e. The Balaban J connectivity index is 1.70. The minimum Gasteiger partial charge on any atom is -0.390 e. The maximum Gasteiger partial charge on any atom is 0.239 e. The molecule has 0 unspecified atom stereocenters. The summed E-state index contributed by atoms with van der Waals surface area (Å²) in [6, 6.07) is -0.438. The lowest BCUT2D eigenvalue weighted by atomic mass is 9.69. The van der Waals surface area contributed by atoms with Crippen LogP contribution in [0.1, 0.15) is 59.8 Å². The molecule has 6 nitrogen and oxygen atoms in total. The van der Waals surface area contributed by atoms with Crippen molar-refractivity contribution in [3.8, 4) is 0 Å². The lowest BCUT2D eigenvalue weighted by Crippen LogP contribution is -2.58. The van der Waals surface area contributed by atoms with Crippen LogP contribution in [-0.2, 0) is 14.3 Å². The lowest BCUT2D eigenvalue weighted by molar-refractivity contribution is -0.240. The fraction of sp³-hybridized carbons (Fsp3) is 0.947. The van der Waals surface area contributed by atoms with Gasteiger partial charge in [0, 0.05) is 13.1 Å². The van der Waals surface area contributed by atoms with Crippen molar-refractivity contribution in [2.75, 3.05) is 19.7 Å². The van der Waals surface area contributed by atoms with Gasteiger partial charge in [-0.2, -0.15) is 0 Å². The monoisotopic (exact) mass is 354 g/mol. The molecule has 3 heterocycles. The van der Waals surface area contributed by atoms with Crippen molar-refractivity contribution in [2.45, 2.75) is 89.3 Å². The van der Waals surface area contributed by atoms with E-state index < -0.39 is 17.7 Å². The van der Waals surface area contributed by atoms with E-state index in [1.54, 1.807) is 6.92 Å². The second-order valence-corrected chi connectivity index (χ2v) is 9.18. The zero-order valence-electron chi connectivity index (χ0n) is 16.1. The van der Waals surface area contributed by atoms with Crippen LogP contribution in [0.3, 0.4) is 0 Å². The number of nitrogens with two attached hydrogens (primary N) is 1. The van der Waals surface area contributed by atoms with Crippen LogP contribution in [0.2, 0.25) is 0 Å². The Bertz CT molecular complexity index is 514. The molecule has 3 aliphatic heterocycles. The van der Waals surface area contributed by atoms with Gasteiger partial charge in [-0.3, -0.25) is 4.79 Å². The number of nitrogens with zero attached hydrogens (tertiary/aromatic N) is 1. The van der Waals surface area contributed by atoms with Gasteiger partial charge in [0.15, 0.2) is 0 Å². The van der Waals surface area contributed by atoms with Crippen molar-refractivity contribution in [3.05, 3.63) is 0 Å². The van der Waals surface area contributed by atoms with Crippen LogP contribution in [0.4, 0.5) is 0 Å². The summed E-state index contributed by atoms with van der Waals surface area (Å²) in [4.78, 5) is 14.0. The topological polar surface area (TPSA) is 85.0 Å². The summed E-state index contributed by atoms with van der Waals surface area (Å²) < 4.78 is 12.7. The number of rotatable bonds is 1. The number of fused-ring (bicyclic) bond motifs is 1. The molecule has 6 heteroatoms. The van der Waals surface area contributed by atoms with Crippen LogP contribution in [0.25, 0.3) is 0 Å². The standard InChI is InChI=1S/C19H34N2O4/c1-13(20)16(23)21-9-7-19(8-10-21)11-15-18(4,24-12-19)6-5-14(22)17(2,3)25-15/h13-15,22H,5-12,20H2,1-4H3/t13-,14-,15-,18+/m0/s1. The summed E-state index contributed by atoms with van der Waals surface area (Å²) in [5, 5.41) is 10.4. The first-order valence-electron chi connectivity index (χ1n) is 9.61. The highest BCUT2D eigenvalue weighted by Crippen LogP contribution is 2.49. The number of hydrogen-bond donors (Lipinski definition) is 2. The van der Waals surface area contributed by atoms with Crippen LogP contribution in [0.5, 0.6) is 0 Å². The van der Waals surface area contributed by atoms with Gasteiger partial charge in [0.25, 0.3) is 0 Å². The fourth-order valence-electron chi connectivity index (χ4n) is 4.53. The number of carbonyl (C=O) groups is 1. The maximum atomic E-state index is 12.1. The number of likely N-dealkylation sites (tertiary alicyclic amines) is 1. The summed E-state index contributed by atoms with van der Waals surface area (Å²) in [7, 11) is 0. The molecule has 1 amide bonds. The van der Waals surface area contributed by atoms with E-state index in [0.29, 0.717) is 13.0 Å². The number of ether oxygens (including phenoxy) is 2. The summed E-state index contributed by atoms with van der Waals surface area (Å²) in [6.07, 6.45) is 3.79. The predicted molar refractivity (Wildman–Crippen MR) is 95.1 cm³/mol. The van der Waals surface area contributed by atoms with E-state index >= 15 is 0 Å². The molecule has 144 valence electrons. The second-order valence-electron chi connectivity index (χ2n) is 9.18. The molecule has 0 saturated carbocycles. The summed E-state index contributed by atoms with van der Waals surface area (Å²) in [5.74, 6) is 0.0337. The Hall–Kier alpha value is -0.690. The molecule has 3 saturated heterocycles. The van der Waals surface area contributed by atoms with Crippen molar-refractivity contribution in [3.63, 3.8) is 0 Å². The second kappa shape index (κ2) is 6.48. The minimum absolute atomic E-state index is 0.0240. The number of piperidine rings is 1. The van der Waals surface area contributed by atoms with Gasteiger partial charge in [-0.1, -0.05) is 0 Å². The summed E-state index contributed by atoms with van der Waals surface area (Å²) in [5.41, 5.74) is 4.91. The van der Waals surface area contributed by atoms with Gasteiger partial charge < -0.3 is 25.2 Å². The fourth-order valence-corrected chi connectivity index (χ4v) is 4.53. The van der Waals surface area contributed by atoms with Gasteiger partial charge in [-0.25, -0.2) is 0 Å². The molecule has 0 aromatic carbocycles. The normalized spacial score (nSPS) is 38.7. The third-order valence-electron chi connectivity index (χ3n) is 6.70. The molecule has 1 spiro atoms. The Morgan fingerprint density at radius 3 is 2.48 bits per heavy atom. The highest BCUT2D eigenvalue weighted by molar-refractivity contribution is 5.81. The molecular formula is C19H34N2O4. The van der Waals surface area contributed by atoms with Gasteiger partial charge in [0.1, 0.15) is 0 Å². The molecule has 3 N–H and O–H groups in total. The van der Waals surface area contributed by atoms with Crippen LogP contribution >= 0.6 is 0 Å². The van der Waals surface area contributed by atoms with Crippen molar-refractivity contribution in [1.29, 1.82) is 0 Å². The molecule has 3 aliphatic rings. The third-order valence-corrected chi connectivity index (χ3v) is 6.70. The molecule has 0 aromatic heterocycles. The van der Waals surface area contributed by atoms with E-state index in [-0.39, 0.29) is 23.0 Å². The van der Waals surface area contributed by atoms with E-state index in [1.807, 2.05) is 18.7 Å². The quantitative estimate of drug-likeness (QED) is 0.744. The number of carbonyl (C=O) groups excluding carboxylic acids is 1. The first-order chi connectivity index (χ1) is 11.6. The van der Waals surface area contributed by atoms with E-state index in [4.69, 9.17) is 15.2 Å². The van der Waals surface area contributed by atoms with Crippen molar-refractivity contribution in [2.24, 2.45) is 11.1 Å². The number of aliphatic hydroxyl groups excluding tert-OH is 1. The first-order valence-corrected chi connectivity index (χ1v) is 9.61. The van der Waals surface area contributed by atoms with E-state index in [0.717, 1.165) is 38.8 Å². The summed E-state index contributed by atoms with van der Waals surface area (Å²) >= 11 is 0. The van der Waals surface area contributed by atoms with Gasteiger partial charge in [-0.05, 0) is 65.2 Å². The molecule has 0 radical (unpaired) electrons. The van der Waals surface area contributed by atoms with Crippen LogP contribution in [0, 0.1) is 5.41 Å². The average molecular weight is 354 g/mol. The van der Waals surface area contributed by atoms with Gasteiger partial charge in [0.05, 0.1) is 36.1 Å². The van der Waals surface area contributed by atoms with Crippen LogP contribution < -0.4 is 5.73 Å². The molecule has 0 aromatic rings. The van der Waals surface area contributed by atoms with Crippen molar-refractivity contribution in [1.82, 2.24) is 4.90 Å². The molecule has 0 bridgehead atoms. The maximum absolute atomic E-state index is 12.1. The highest BCUT2D eigenvalue weighted by Gasteiger charge is 2.53. The molecule has 4 atom stereocenters. The van der Waals surface area contributed by atoms with Crippen LogP contribution in [0.15, 0.2) is 0 Å². The molecule has 3 fully saturated rings. The van der Waals surface area contributed by atoms with Crippen molar-refractivity contribution >= 4 is 5.91 Å². The Labute approximate surface area is 151 Å². The SMILES string of the molecule is C[C@H](N)C(=O)N1CCC2(CC1)CO[C@]1(C)CC[C@H](O)C(C)(C)O[C@H]1C2. The Kier molecular flexibility index (Phi) is 4.95. The number of aliphatic hydroxyl groups is 1. The zero-order chi connectivity index (χ0) is 18.5. The largest absolute Gasteiger partial charge is 0.390 e. The zero-order valence-corrected chi connectivity index (χ0v) is 16.1. The Morgan fingerprint density at radius 2 is 1.88 bits per heavy atom. The van der Waals surface area contributed by atoms with E-state index in [9.17, 15) is 9.90 Å². The molecule has 3 rings (SSSR count). The molecule has 0 aliphatic carbocycles. The first kappa shape index (κ1) is 19.1.